The van der Waals surface area contributed by atoms with Gasteiger partial charge in [-0.05, 0) is 24.8 Å². The summed E-state index contributed by atoms with van der Waals surface area (Å²) in [4.78, 5) is 29.2. The van der Waals surface area contributed by atoms with Crippen molar-refractivity contribution in [2.45, 2.75) is 51.0 Å². The molecule has 6 heteroatoms. The molecule has 2 amide bonds. The number of amides is 2. The zero-order valence-electron chi connectivity index (χ0n) is 16.3. The van der Waals surface area contributed by atoms with Crippen molar-refractivity contribution in [3.05, 3.63) is 35.9 Å². The van der Waals surface area contributed by atoms with Gasteiger partial charge in [0.2, 0.25) is 5.91 Å². The smallest absolute Gasteiger partial charge is 0.255 e. The van der Waals surface area contributed by atoms with Gasteiger partial charge in [0, 0.05) is 26.1 Å². The van der Waals surface area contributed by atoms with Crippen LogP contribution >= 0.6 is 0 Å². The van der Waals surface area contributed by atoms with Gasteiger partial charge in [0.25, 0.3) is 5.91 Å². The number of carbonyl (C=O) groups excluding carboxylic acids is 2. The lowest BCUT2D eigenvalue weighted by Gasteiger charge is -2.42. The molecule has 0 saturated carbocycles. The van der Waals surface area contributed by atoms with Crippen LogP contribution in [0, 0.1) is 11.3 Å². The molecule has 2 aliphatic rings. The first kappa shape index (κ1) is 19.4. The van der Waals surface area contributed by atoms with E-state index in [1.807, 2.05) is 35.2 Å². The fraction of sp³-hybridized carbons (Fsp3) is 0.571. The van der Waals surface area contributed by atoms with Gasteiger partial charge in [0.1, 0.15) is 5.54 Å². The lowest BCUT2D eigenvalue weighted by molar-refractivity contribution is -0.138. The maximum atomic E-state index is 13.0. The van der Waals surface area contributed by atoms with Crippen LogP contribution in [0.4, 0.5) is 0 Å². The van der Waals surface area contributed by atoms with E-state index >= 15 is 0 Å². The third-order valence-corrected chi connectivity index (χ3v) is 5.96. The van der Waals surface area contributed by atoms with Gasteiger partial charge < -0.3 is 10.2 Å². The molecule has 2 saturated heterocycles. The molecule has 0 bridgehead atoms. The quantitative estimate of drug-likeness (QED) is 0.807. The monoisotopic (exact) mass is 370 g/mol. The number of hydrogen-bond donors (Lipinski definition) is 2. The fourth-order valence-corrected chi connectivity index (χ4v) is 4.34. The number of nitrogens with one attached hydrogen (secondary N) is 2. The molecular formula is C21H30N4O2. The summed E-state index contributed by atoms with van der Waals surface area (Å²) in [6.45, 7) is 3.43. The van der Waals surface area contributed by atoms with Crippen LogP contribution in [0.5, 0.6) is 0 Å². The highest BCUT2D eigenvalue weighted by atomic mass is 16.2. The van der Waals surface area contributed by atoms with Crippen LogP contribution in [-0.2, 0) is 16.0 Å². The number of nitrogens with zero attached hydrogens (tertiary/aromatic N) is 2. The number of rotatable bonds is 6. The van der Waals surface area contributed by atoms with Gasteiger partial charge >= 0.3 is 0 Å². The number of guanidine groups is 1. The highest BCUT2D eigenvalue weighted by Crippen LogP contribution is 2.36. The van der Waals surface area contributed by atoms with Gasteiger partial charge in [-0.15, -0.1) is 0 Å². The van der Waals surface area contributed by atoms with E-state index in [1.54, 1.807) is 7.05 Å². The number of benzene rings is 1. The molecule has 2 heterocycles. The van der Waals surface area contributed by atoms with E-state index in [9.17, 15) is 9.59 Å². The van der Waals surface area contributed by atoms with Crippen LogP contribution < -0.4 is 5.32 Å². The molecule has 146 valence electrons. The van der Waals surface area contributed by atoms with Crippen molar-refractivity contribution < 1.29 is 9.59 Å². The number of likely N-dealkylation sites (tertiary alicyclic amines) is 1. The molecule has 2 fully saturated rings. The Hall–Kier alpha value is -2.37. The standard InChI is InChI=1S/C21H30N4O2/c1-3-4-12-21(19(27)24(2)20(22)23-21)17-11-8-13-25(15-17)18(26)14-16-9-6-5-7-10-16/h5-7,9-10,17H,3-4,8,11-15H2,1-2H3,(H2,22,23). The van der Waals surface area contributed by atoms with Gasteiger partial charge in [-0.3, -0.25) is 19.9 Å². The van der Waals surface area contributed by atoms with E-state index in [0.29, 0.717) is 19.4 Å². The van der Waals surface area contributed by atoms with Gasteiger partial charge in [0.05, 0.1) is 6.42 Å². The minimum absolute atomic E-state index is 0.0247. The first-order valence-corrected chi connectivity index (χ1v) is 9.94. The number of carbonyl (C=O) groups is 2. The Kier molecular flexibility index (Phi) is 5.82. The number of likely N-dealkylation sites (N-methyl/N-ethyl adjacent to an activating group) is 1. The summed E-state index contributed by atoms with van der Waals surface area (Å²) >= 11 is 0. The molecule has 2 N–H and O–H groups in total. The van der Waals surface area contributed by atoms with Crippen LogP contribution in [0.1, 0.15) is 44.6 Å². The zero-order chi connectivity index (χ0) is 19.4. The second kappa shape index (κ2) is 8.11. The molecule has 0 aliphatic carbocycles. The second-order valence-corrected chi connectivity index (χ2v) is 7.75. The molecule has 2 aliphatic heterocycles. The predicted octanol–water partition coefficient (Wildman–Crippen LogP) is 2.39. The van der Waals surface area contributed by atoms with Crippen molar-refractivity contribution >= 4 is 17.8 Å². The summed E-state index contributed by atoms with van der Waals surface area (Å²) in [5.74, 6) is 0.299. The molecular weight excluding hydrogens is 340 g/mol. The van der Waals surface area contributed by atoms with Crippen molar-refractivity contribution in [1.82, 2.24) is 15.1 Å². The SMILES string of the molecule is CCCCC1(C2CCCN(C(=O)Cc3ccccc3)C2)NC(=N)N(C)C1=O. The average Bonchev–Trinajstić information content (AvgIpc) is 2.92. The molecule has 1 aromatic rings. The molecule has 2 atom stereocenters. The summed E-state index contributed by atoms with van der Waals surface area (Å²) in [5.41, 5.74) is 0.273. The highest BCUT2D eigenvalue weighted by Gasteiger charge is 2.53. The minimum atomic E-state index is -0.743. The van der Waals surface area contributed by atoms with Gasteiger partial charge in [0.15, 0.2) is 5.96 Å². The van der Waals surface area contributed by atoms with Gasteiger partial charge in [-0.25, -0.2) is 0 Å². The third-order valence-electron chi connectivity index (χ3n) is 5.96. The minimum Gasteiger partial charge on any atom is -0.342 e. The Balaban J connectivity index is 1.75. The van der Waals surface area contributed by atoms with E-state index in [0.717, 1.165) is 37.8 Å². The highest BCUT2D eigenvalue weighted by molar-refractivity contribution is 6.07. The van der Waals surface area contributed by atoms with Crippen molar-refractivity contribution in [2.24, 2.45) is 5.92 Å². The van der Waals surface area contributed by atoms with Crippen molar-refractivity contribution in [2.75, 3.05) is 20.1 Å². The largest absolute Gasteiger partial charge is 0.342 e. The Labute approximate surface area is 161 Å². The Bertz CT molecular complexity index is 705. The number of piperidine rings is 1. The molecule has 0 aromatic heterocycles. The topological polar surface area (TPSA) is 76.5 Å². The third kappa shape index (κ3) is 3.84. The molecule has 0 spiro atoms. The molecule has 0 radical (unpaired) electrons. The summed E-state index contributed by atoms with van der Waals surface area (Å²) in [7, 11) is 1.66. The normalized spacial score (nSPS) is 25.6. The molecule has 27 heavy (non-hydrogen) atoms. The zero-order valence-corrected chi connectivity index (χ0v) is 16.3. The van der Waals surface area contributed by atoms with Crippen molar-refractivity contribution in [3.8, 4) is 0 Å². The maximum Gasteiger partial charge on any atom is 0.255 e. The van der Waals surface area contributed by atoms with E-state index in [4.69, 9.17) is 5.41 Å². The van der Waals surface area contributed by atoms with Crippen molar-refractivity contribution in [1.29, 1.82) is 5.41 Å². The van der Waals surface area contributed by atoms with Gasteiger partial charge in [-0.2, -0.15) is 0 Å². The summed E-state index contributed by atoms with van der Waals surface area (Å²) in [6.07, 6.45) is 4.82. The predicted molar refractivity (Wildman–Crippen MR) is 105 cm³/mol. The lowest BCUT2D eigenvalue weighted by Crippen LogP contribution is -2.58. The summed E-state index contributed by atoms with van der Waals surface area (Å²) in [5, 5.41) is 11.3. The number of unbranched alkanes of at least 4 members (excludes halogenated alkanes) is 1. The average molecular weight is 370 g/mol. The van der Waals surface area contributed by atoms with Crippen LogP contribution in [0.3, 0.4) is 0 Å². The van der Waals surface area contributed by atoms with Crippen LogP contribution in [-0.4, -0.2) is 53.2 Å². The first-order chi connectivity index (χ1) is 13.0. The maximum absolute atomic E-state index is 13.0. The van der Waals surface area contributed by atoms with E-state index in [-0.39, 0.29) is 23.7 Å². The number of hydrogen-bond acceptors (Lipinski definition) is 3. The molecule has 2 unspecified atom stereocenters. The van der Waals surface area contributed by atoms with E-state index in [1.165, 1.54) is 4.90 Å². The Morgan fingerprint density at radius 3 is 2.70 bits per heavy atom. The summed E-state index contributed by atoms with van der Waals surface area (Å²) in [6, 6.07) is 9.79. The van der Waals surface area contributed by atoms with Crippen LogP contribution in [0.25, 0.3) is 0 Å². The molecule has 6 nitrogen and oxygen atoms in total. The van der Waals surface area contributed by atoms with Crippen LogP contribution in [0.15, 0.2) is 30.3 Å². The Morgan fingerprint density at radius 1 is 1.33 bits per heavy atom. The molecule has 3 rings (SSSR count). The van der Waals surface area contributed by atoms with Crippen molar-refractivity contribution in [3.63, 3.8) is 0 Å². The van der Waals surface area contributed by atoms with E-state index < -0.39 is 5.54 Å². The summed E-state index contributed by atoms with van der Waals surface area (Å²) < 4.78 is 0. The second-order valence-electron chi connectivity index (χ2n) is 7.75. The van der Waals surface area contributed by atoms with Crippen LogP contribution in [0.2, 0.25) is 0 Å². The first-order valence-electron chi connectivity index (χ1n) is 9.94. The fourth-order valence-electron chi connectivity index (χ4n) is 4.34. The molecule has 1 aromatic carbocycles. The Morgan fingerprint density at radius 2 is 2.07 bits per heavy atom. The van der Waals surface area contributed by atoms with Gasteiger partial charge in [-0.1, -0.05) is 50.1 Å². The van der Waals surface area contributed by atoms with E-state index in [2.05, 4.69) is 12.2 Å². The lowest BCUT2D eigenvalue weighted by atomic mass is 9.75.